The van der Waals surface area contributed by atoms with Crippen LogP contribution in [0.4, 0.5) is 0 Å². The number of methoxy groups -OCH3 is 1. The van der Waals surface area contributed by atoms with Gasteiger partial charge in [0.1, 0.15) is 12.4 Å². The van der Waals surface area contributed by atoms with E-state index in [1.54, 1.807) is 7.11 Å². The molecule has 0 saturated carbocycles. The summed E-state index contributed by atoms with van der Waals surface area (Å²) < 4.78 is 16.3. The molecule has 3 aromatic rings. The number of allylic oxidation sites excluding steroid dienone is 3. The number of benzene rings is 3. The molecule has 38 heavy (non-hydrogen) atoms. The van der Waals surface area contributed by atoms with Crippen molar-refractivity contribution in [1.29, 1.82) is 0 Å². The van der Waals surface area contributed by atoms with Crippen LogP contribution in [0, 0.1) is 0 Å². The monoisotopic (exact) mass is 511 g/mol. The van der Waals surface area contributed by atoms with Crippen molar-refractivity contribution in [3.05, 3.63) is 100 Å². The number of Topliss-reactive ketones (excluding diaryl/α,β-unsaturated/α-hetero) is 1. The van der Waals surface area contributed by atoms with Gasteiger partial charge in [-0.3, -0.25) is 4.79 Å². The highest BCUT2D eigenvalue weighted by molar-refractivity contribution is 6.05. The number of esters is 1. The van der Waals surface area contributed by atoms with E-state index in [1.807, 2.05) is 80.6 Å². The zero-order chi connectivity index (χ0) is 26.6. The number of rotatable bonds is 8. The smallest absolute Gasteiger partial charge is 0.336 e. The lowest BCUT2D eigenvalue weighted by atomic mass is 9.71. The Bertz CT molecular complexity index is 1410. The van der Waals surface area contributed by atoms with Crippen LogP contribution >= 0.6 is 0 Å². The summed E-state index contributed by atoms with van der Waals surface area (Å²) in [5.74, 6) is -0.0654. The lowest BCUT2D eigenvalue weighted by molar-refractivity contribution is -0.140. The first-order chi connectivity index (χ1) is 18.5. The van der Waals surface area contributed by atoms with Crippen LogP contribution < -0.4 is 10.1 Å². The number of hydrogen-bond donors (Lipinski definition) is 1. The molecule has 196 valence electrons. The first kappa shape index (κ1) is 25.7. The van der Waals surface area contributed by atoms with E-state index < -0.39 is 11.9 Å². The van der Waals surface area contributed by atoms with Gasteiger partial charge in [0.15, 0.2) is 5.78 Å². The van der Waals surface area contributed by atoms with Gasteiger partial charge in [0.05, 0.1) is 19.3 Å². The first-order valence-corrected chi connectivity index (χ1v) is 13.1. The Morgan fingerprint density at radius 2 is 1.74 bits per heavy atom. The van der Waals surface area contributed by atoms with E-state index in [9.17, 15) is 9.59 Å². The molecule has 2 aliphatic rings. The Morgan fingerprint density at radius 3 is 2.50 bits per heavy atom. The van der Waals surface area contributed by atoms with Crippen LogP contribution in [0.2, 0.25) is 0 Å². The fourth-order valence-corrected chi connectivity index (χ4v) is 5.65. The maximum absolute atomic E-state index is 13.9. The topological polar surface area (TPSA) is 73.9 Å². The Balaban J connectivity index is 1.57. The van der Waals surface area contributed by atoms with Crippen molar-refractivity contribution < 1.29 is 23.8 Å². The van der Waals surface area contributed by atoms with E-state index in [0.717, 1.165) is 33.3 Å². The normalized spacial score (nSPS) is 19.3. The number of carbonyl (C=O) groups excluding carboxylic acids is 2. The highest BCUT2D eigenvalue weighted by Gasteiger charge is 2.42. The van der Waals surface area contributed by atoms with Crippen LogP contribution in [-0.2, 0) is 19.1 Å². The van der Waals surface area contributed by atoms with Crippen molar-refractivity contribution in [1.82, 2.24) is 5.32 Å². The Kier molecular flexibility index (Phi) is 7.61. The molecule has 2 atom stereocenters. The average molecular weight is 512 g/mol. The third-order valence-corrected chi connectivity index (χ3v) is 7.43. The Labute approximate surface area is 223 Å². The molecule has 6 heteroatoms. The van der Waals surface area contributed by atoms with Crippen LogP contribution in [-0.4, -0.2) is 38.7 Å². The summed E-state index contributed by atoms with van der Waals surface area (Å²) in [6.07, 6.45) is 1.05. The third-order valence-electron chi connectivity index (χ3n) is 7.43. The number of dihydropyridines is 1. The van der Waals surface area contributed by atoms with Gasteiger partial charge in [-0.25, -0.2) is 4.79 Å². The van der Waals surface area contributed by atoms with Gasteiger partial charge in [0, 0.05) is 35.9 Å². The molecule has 1 heterocycles. The van der Waals surface area contributed by atoms with E-state index in [2.05, 4.69) is 5.32 Å². The molecular weight excluding hydrogens is 478 g/mol. The number of fused-ring (bicyclic) bond motifs is 1. The van der Waals surface area contributed by atoms with Gasteiger partial charge < -0.3 is 19.5 Å². The zero-order valence-corrected chi connectivity index (χ0v) is 22.1. The lowest BCUT2D eigenvalue weighted by Crippen LogP contribution is -2.36. The van der Waals surface area contributed by atoms with Gasteiger partial charge >= 0.3 is 5.97 Å². The van der Waals surface area contributed by atoms with Crippen LogP contribution in [0.1, 0.15) is 49.7 Å². The molecule has 0 bridgehead atoms. The lowest BCUT2D eigenvalue weighted by Gasteiger charge is -2.37. The second kappa shape index (κ2) is 11.2. The van der Waals surface area contributed by atoms with Gasteiger partial charge in [-0.1, -0.05) is 54.6 Å². The minimum Gasteiger partial charge on any atom is -0.497 e. The average Bonchev–Trinajstić information content (AvgIpc) is 2.94. The van der Waals surface area contributed by atoms with E-state index in [1.165, 1.54) is 0 Å². The molecule has 5 rings (SSSR count). The molecule has 0 radical (unpaired) electrons. The van der Waals surface area contributed by atoms with E-state index in [0.29, 0.717) is 42.9 Å². The maximum atomic E-state index is 13.9. The fourth-order valence-electron chi connectivity index (χ4n) is 5.65. The third kappa shape index (κ3) is 4.96. The number of nitrogens with one attached hydrogen (secondary N) is 1. The quantitative estimate of drug-likeness (QED) is 0.305. The van der Waals surface area contributed by atoms with Crippen molar-refractivity contribution in [2.75, 3.05) is 26.9 Å². The van der Waals surface area contributed by atoms with Crippen LogP contribution in [0.5, 0.6) is 5.75 Å². The Morgan fingerprint density at radius 1 is 0.974 bits per heavy atom. The predicted molar refractivity (Wildman–Crippen MR) is 147 cm³/mol. The largest absolute Gasteiger partial charge is 0.497 e. The minimum absolute atomic E-state index is 0.0420. The number of carbonyl (C=O) groups is 2. The van der Waals surface area contributed by atoms with Crippen molar-refractivity contribution >= 4 is 22.5 Å². The summed E-state index contributed by atoms with van der Waals surface area (Å²) in [6.45, 7) is 4.84. The summed E-state index contributed by atoms with van der Waals surface area (Å²) in [7, 11) is 1.64. The van der Waals surface area contributed by atoms with Crippen LogP contribution in [0.25, 0.3) is 10.8 Å². The van der Waals surface area contributed by atoms with Gasteiger partial charge in [0.2, 0.25) is 0 Å². The molecule has 6 nitrogen and oxygen atoms in total. The molecule has 1 aliphatic heterocycles. The molecule has 0 fully saturated rings. The molecule has 1 aliphatic carbocycles. The summed E-state index contributed by atoms with van der Waals surface area (Å²) >= 11 is 0. The summed E-state index contributed by atoms with van der Waals surface area (Å²) in [6, 6.07) is 22.0. The summed E-state index contributed by atoms with van der Waals surface area (Å²) in [4.78, 5) is 27.4. The van der Waals surface area contributed by atoms with Crippen molar-refractivity contribution in [3.63, 3.8) is 0 Å². The zero-order valence-electron chi connectivity index (χ0n) is 22.1. The molecule has 0 aromatic heterocycles. The molecule has 0 saturated heterocycles. The second-order valence-corrected chi connectivity index (χ2v) is 9.69. The number of ether oxygens (including phenoxy) is 3. The van der Waals surface area contributed by atoms with Gasteiger partial charge in [-0.2, -0.15) is 0 Å². The molecule has 3 aromatic carbocycles. The Hall–Kier alpha value is -3.90. The van der Waals surface area contributed by atoms with Crippen molar-refractivity contribution in [2.24, 2.45) is 0 Å². The molecule has 2 unspecified atom stereocenters. The van der Waals surface area contributed by atoms with Crippen molar-refractivity contribution in [3.8, 4) is 5.75 Å². The van der Waals surface area contributed by atoms with E-state index in [4.69, 9.17) is 14.2 Å². The second-order valence-electron chi connectivity index (χ2n) is 9.69. The summed E-state index contributed by atoms with van der Waals surface area (Å²) in [5, 5.41) is 5.51. The van der Waals surface area contributed by atoms with E-state index in [-0.39, 0.29) is 18.3 Å². The van der Waals surface area contributed by atoms with Gasteiger partial charge in [-0.15, -0.1) is 0 Å². The highest BCUT2D eigenvalue weighted by Crippen LogP contribution is 2.47. The molecule has 0 spiro atoms. The molecule has 0 amide bonds. The number of hydrogen-bond acceptors (Lipinski definition) is 6. The fraction of sp³-hybridized carbons (Fsp3) is 0.312. The predicted octanol–water partition coefficient (Wildman–Crippen LogP) is 5.79. The standard InChI is InChI=1S/C32H33NO5/c1-4-37-16-17-38-32(35)29-20(2)33-27-18-23(21-12-14-24(36-3)15-13-21)19-28(34)31(27)30(29)26-11-7-9-22-8-5-6-10-25(22)26/h5-15,23,30,33H,4,16-19H2,1-3H3. The van der Waals surface area contributed by atoms with Crippen molar-refractivity contribution in [2.45, 2.75) is 38.5 Å². The van der Waals surface area contributed by atoms with E-state index >= 15 is 0 Å². The minimum atomic E-state index is -0.513. The summed E-state index contributed by atoms with van der Waals surface area (Å²) in [5.41, 5.74) is 4.76. The van der Waals surface area contributed by atoms with Crippen LogP contribution in [0.15, 0.2) is 89.3 Å². The first-order valence-electron chi connectivity index (χ1n) is 13.1. The van der Waals surface area contributed by atoms with Gasteiger partial charge in [-0.05, 0) is 60.2 Å². The number of ketones is 1. The SMILES string of the molecule is CCOCCOC(=O)C1=C(C)NC2=C(C(=O)CC(c3ccc(OC)cc3)C2)C1c1cccc2ccccc12. The van der Waals surface area contributed by atoms with Gasteiger partial charge in [0.25, 0.3) is 0 Å². The van der Waals surface area contributed by atoms with Crippen LogP contribution in [0.3, 0.4) is 0 Å². The maximum Gasteiger partial charge on any atom is 0.336 e. The molecule has 1 N–H and O–H groups in total. The molecular formula is C32H33NO5. The highest BCUT2D eigenvalue weighted by atomic mass is 16.6.